The second-order valence-electron chi connectivity index (χ2n) is 7.00. The van der Waals surface area contributed by atoms with Crippen molar-refractivity contribution in [3.05, 3.63) is 51.5 Å². The fourth-order valence-corrected chi connectivity index (χ4v) is 4.17. The SMILES string of the molecule is CN1CCc2cc(Cl)c(O)cc2C(c2ccc(O)c3c2OCCC3)C1. The summed E-state index contributed by atoms with van der Waals surface area (Å²) in [5.41, 5.74) is 4.22. The van der Waals surface area contributed by atoms with Crippen LogP contribution in [0.25, 0.3) is 0 Å². The third kappa shape index (κ3) is 2.94. The smallest absolute Gasteiger partial charge is 0.134 e. The van der Waals surface area contributed by atoms with Gasteiger partial charge >= 0.3 is 0 Å². The number of phenolic OH excluding ortho intramolecular Hbond substituents is 2. The zero-order chi connectivity index (χ0) is 17.6. The molecule has 1 unspecified atom stereocenters. The number of hydrogen-bond acceptors (Lipinski definition) is 4. The minimum atomic E-state index is 0.0677. The van der Waals surface area contributed by atoms with Gasteiger partial charge in [0.2, 0.25) is 0 Å². The molecule has 2 aromatic rings. The molecule has 2 aromatic carbocycles. The summed E-state index contributed by atoms with van der Waals surface area (Å²) in [4.78, 5) is 2.29. The van der Waals surface area contributed by atoms with E-state index in [1.165, 1.54) is 0 Å². The number of phenols is 2. The van der Waals surface area contributed by atoms with Crippen molar-refractivity contribution >= 4 is 11.6 Å². The molecular weight excluding hydrogens is 338 g/mol. The first kappa shape index (κ1) is 16.6. The molecule has 0 spiro atoms. The van der Waals surface area contributed by atoms with Crippen LogP contribution in [0, 0.1) is 0 Å². The van der Waals surface area contributed by atoms with Gasteiger partial charge in [-0.25, -0.2) is 0 Å². The molecule has 0 radical (unpaired) electrons. The maximum atomic E-state index is 10.2. The number of ether oxygens (including phenoxy) is 1. The van der Waals surface area contributed by atoms with Crippen LogP contribution in [-0.2, 0) is 12.8 Å². The van der Waals surface area contributed by atoms with E-state index in [-0.39, 0.29) is 11.7 Å². The highest BCUT2D eigenvalue weighted by Crippen LogP contribution is 2.44. The number of likely N-dealkylation sites (N-methyl/N-ethyl adjacent to an activating group) is 1. The van der Waals surface area contributed by atoms with Crippen LogP contribution >= 0.6 is 11.6 Å². The van der Waals surface area contributed by atoms with E-state index in [9.17, 15) is 10.2 Å². The Morgan fingerprint density at radius 1 is 1.12 bits per heavy atom. The van der Waals surface area contributed by atoms with E-state index in [1.807, 2.05) is 12.1 Å². The van der Waals surface area contributed by atoms with Crippen LogP contribution in [0.4, 0.5) is 0 Å². The van der Waals surface area contributed by atoms with Gasteiger partial charge in [0.15, 0.2) is 0 Å². The standard InChI is InChI=1S/C20H22ClNO3/c1-22-7-6-12-9-17(21)19(24)10-15(12)16(11-22)13-4-5-18(23)14-3-2-8-25-20(13)14/h4-5,9-10,16,23-24H,2-3,6-8,11H2,1H3. The molecule has 4 nitrogen and oxygen atoms in total. The molecule has 0 bridgehead atoms. The van der Waals surface area contributed by atoms with Crippen molar-refractivity contribution in [1.82, 2.24) is 4.90 Å². The Morgan fingerprint density at radius 2 is 1.96 bits per heavy atom. The fraction of sp³-hybridized carbons (Fsp3) is 0.400. The average Bonchev–Trinajstić information content (AvgIpc) is 2.76. The average molecular weight is 360 g/mol. The molecule has 25 heavy (non-hydrogen) atoms. The second-order valence-corrected chi connectivity index (χ2v) is 7.41. The highest BCUT2D eigenvalue weighted by Gasteiger charge is 2.29. The first-order valence-electron chi connectivity index (χ1n) is 8.72. The Morgan fingerprint density at radius 3 is 2.80 bits per heavy atom. The van der Waals surface area contributed by atoms with Gasteiger partial charge < -0.3 is 19.8 Å². The van der Waals surface area contributed by atoms with Gasteiger partial charge in [0.05, 0.1) is 11.6 Å². The molecular formula is C20H22ClNO3. The normalized spacial score (nSPS) is 20.3. The number of rotatable bonds is 1. The lowest BCUT2D eigenvalue weighted by atomic mass is 9.85. The molecule has 0 aromatic heterocycles. The number of fused-ring (bicyclic) bond motifs is 2. The minimum absolute atomic E-state index is 0.0677. The highest BCUT2D eigenvalue weighted by atomic mass is 35.5. The van der Waals surface area contributed by atoms with Gasteiger partial charge in [-0.1, -0.05) is 17.7 Å². The summed E-state index contributed by atoms with van der Waals surface area (Å²) in [6, 6.07) is 7.40. The Labute approximate surface area is 152 Å². The lowest BCUT2D eigenvalue weighted by molar-refractivity contribution is 0.275. The summed E-state index contributed by atoms with van der Waals surface area (Å²) < 4.78 is 5.97. The fourth-order valence-electron chi connectivity index (χ4n) is 3.98. The topological polar surface area (TPSA) is 52.9 Å². The Balaban J connectivity index is 1.89. The van der Waals surface area contributed by atoms with E-state index in [0.717, 1.165) is 60.4 Å². The van der Waals surface area contributed by atoms with E-state index < -0.39 is 0 Å². The predicted molar refractivity (Wildman–Crippen MR) is 98.1 cm³/mol. The molecule has 0 amide bonds. The minimum Gasteiger partial charge on any atom is -0.508 e. The Bertz CT molecular complexity index is 821. The first-order valence-corrected chi connectivity index (χ1v) is 9.09. The van der Waals surface area contributed by atoms with Crippen LogP contribution < -0.4 is 4.74 Å². The number of nitrogens with zero attached hydrogens (tertiary/aromatic N) is 1. The van der Waals surface area contributed by atoms with Gasteiger partial charge in [-0.15, -0.1) is 0 Å². The molecule has 132 valence electrons. The second kappa shape index (κ2) is 6.43. The molecule has 0 aliphatic carbocycles. The zero-order valence-corrected chi connectivity index (χ0v) is 15.0. The van der Waals surface area contributed by atoms with E-state index in [0.29, 0.717) is 17.4 Å². The Hall–Kier alpha value is -1.91. The number of halogens is 1. The number of benzene rings is 2. The van der Waals surface area contributed by atoms with Gasteiger partial charge in [-0.2, -0.15) is 0 Å². The monoisotopic (exact) mass is 359 g/mol. The van der Waals surface area contributed by atoms with Gasteiger partial charge in [0, 0.05) is 30.1 Å². The number of aromatic hydroxyl groups is 2. The van der Waals surface area contributed by atoms with Crippen LogP contribution in [0.3, 0.4) is 0 Å². The molecule has 2 aliphatic rings. The van der Waals surface area contributed by atoms with Crippen LogP contribution in [0.5, 0.6) is 17.2 Å². The van der Waals surface area contributed by atoms with Crippen LogP contribution in [0.1, 0.15) is 34.6 Å². The third-order valence-corrected chi connectivity index (χ3v) is 5.60. The van der Waals surface area contributed by atoms with Crippen molar-refractivity contribution in [2.24, 2.45) is 0 Å². The summed E-state index contributed by atoms with van der Waals surface area (Å²) in [5.74, 6) is 1.30. The zero-order valence-electron chi connectivity index (χ0n) is 14.3. The predicted octanol–water partition coefficient (Wildman–Crippen LogP) is 3.70. The van der Waals surface area contributed by atoms with Crippen LogP contribution in [0.15, 0.2) is 24.3 Å². The van der Waals surface area contributed by atoms with Crippen molar-refractivity contribution in [2.45, 2.75) is 25.2 Å². The van der Waals surface area contributed by atoms with Crippen molar-refractivity contribution in [3.63, 3.8) is 0 Å². The highest BCUT2D eigenvalue weighted by molar-refractivity contribution is 6.32. The third-order valence-electron chi connectivity index (χ3n) is 5.30. The summed E-state index contributed by atoms with van der Waals surface area (Å²) in [6.45, 7) is 2.44. The van der Waals surface area contributed by atoms with E-state index in [1.54, 1.807) is 12.1 Å². The van der Waals surface area contributed by atoms with Crippen LogP contribution in [-0.4, -0.2) is 41.9 Å². The van der Waals surface area contributed by atoms with E-state index in [2.05, 4.69) is 11.9 Å². The van der Waals surface area contributed by atoms with E-state index >= 15 is 0 Å². The molecule has 2 aliphatic heterocycles. The number of hydrogen-bond donors (Lipinski definition) is 2. The Kier molecular flexibility index (Phi) is 4.26. The molecule has 2 heterocycles. The molecule has 0 saturated carbocycles. The van der Waals surface area contributed by atoms with Crippen molar-refractivity contribution in [3.8, 4) is 17.2 Å². The molecule has 0 fully saturated rings. The molecule has 2 N–H and O–H groups in total. The van der Waals surface area contributed by atoms with Crippen LogP contribution in [0.2, 0.25) is 5.02 Å². The molecule has 0 saturated heterocycles. The molecule has 1 atom stereocenters. The largest absolute Gasteiger partial charge is 0.508 e. The first-order chi connectivity index (χ1) is 12.0. The summed E-state index contributed by atoms with van der Waals surface area (Å²) in [6.07, 6.45) is 2.64. The van der Waals surface area contributed by atoms with Gasteiger partial charge in [0.25, 0.3) is 0 Å². The maximum absolute atomic E-state index is 10.2. The lowest BCUT2D eigenvalue weighted by Crippen LogP contribution is -2.25. The maximum Gasteiger partial charge on any atom is 0.134 e. The molecule has 5 heteroatoms. The van der Waals surface area contributed by atoms with Crippen molar-refractivity contribution < 1.29 is 14.9 Å². The van der Waals surface area contributed by atoms with E-state index in [4.69, 9.17) is 16.3 Å². The summed E-state index contributed by atoms with van der Waals surface area (Å²) >= 11 is 6.14. The molecule has 4 rings (SSSR count). The van der Waals surface area contributed by atoms with Gasteiger partial charge in [0.1, 0.15) is 17.2 Å². The van der Waals surface area contributed by atoms with Crippen molar-refractivity contribution in [2.75, 3.05) is 26.7 Å². The van der Waals surface area contributed by atoms with Gasteiger partial charge in [-0.3, -0.25) is 0 Å². The summed E-state index contributed by atoms with van der Waals surface area (Å²) in [5, 5.41) is 20.8. The van der Waals surface area contributed by atoms with Gasteiger partial charge in [-0.05, 0) is 55.6 Å². The quantitative estimate of drug-likeness (QED) is 0.815. The summed E-state index contributed by atoms with van der Waals surface area (Å²) in [7, 11) is 2.11. The van der Waals surface area contributed by atoms with Crippen molar-refractivity contribution in [1.29, 1.82) is 0 Å². The lowest BCUT2D eigenvalue weighted by Gasteiger charge is -2.28.